The Morgan fingerprint density at radius 3 is 2.23 bits per heavy atom. The van der Waals surface area contributed by atoms with Crippen LogP contribution in [-0.2, 0) is 0 Å². The molecule has 1 amide bonds. The summed E-state index contributed by atoms with van der Waals surface area (Å²) in [6, 6.07) is 15.7. The van der Waals surface area contributed by atoms with E-state index in [9.17, 15) is 14.7 Å². The molecule has 2 saturated heterocycles. The van der Waals surface area contributed by atoms with Gasteiger partial charge in [-0.2, -0.15) is 5.26 Å². The molecule has 184 valence electrons. The normalized spacial score (nSPS) is 20.6. The molecular weight excluding hydrogens is 448 g/mol. The summed E-state index contributed by atoms with van der Waals surface area (Å²) >= 11 is 0. The minimum atomic E-state index is -1.17. The first kappa shape index (κ1) is 24.5. The van der Waals surface area contributed by atoms with Gasteiger partial charge in [-0.15, -0.1) is 5.06 Å². The lowest BCUT2D eigenvalue weighted by Crippen LogP contribution is -2.58. The number of piperazine rings is 1. The van der Waals surface area contributed by atoms with E-state index < -0.39 is 12.1 Å². The Bertz CT molecular complexity index is 1070. The van der Waals surface area contributed by atoms with E-state index in [1.165, 1.54) is 0 Å². The third-order valence-corrected chi connectivity index (χ3v) is 6.74. The number of hydrogen-bond acceptors (Lipinski definition) is 7. The van der Waals surface area contributed by atoms with E-state index in [1.54, 1.807) is 55.6 Å². The van der Waals surface area contributed by atoms with Gasteiger partial charge in [-0.05, 0) is 68.3 Å². The summed E-state index contributed by atoms with van der Waals surface area (Å²) in [5.74, 6) is 1.17. The summed E-state index contributed by atoms with van der Waals surface area (Å²) in [5, 5.41) is 19.7. The van der Waals surface area contributed by atoms with Crippen molar-refractivity contribution in [3.8, 4) is 17.6 Å². The zero-order valence-electron chi connectivity index (χ0n) is 20.0. The van der Waals surface area contributed by atoms with Crippen molar-refractivity contribution in [2.24, 2.45) is 0 Å². The van der Waals surface area contributed by atoms with Gasteiger partial charge in [0.2, 0.25) is 0 Å². The standard InChI is InChI=1S/C26H30N4O5/c1-18(30(26(32)33)35-24-9-3-19(13-27)4-10-24)14-29-21-7-8-22(29)16-28(15-21)17-25(31)20-5-11-23(34-2)12-6-20/h3-6,9-12,18,21-22H,7-8,14-17H2,1-2H3,(H,32,33). The second-order valence-corrected chi connectivity index (χ2v) is 9.11. The van der Waals surface area contributed by atoms with Crippen molar-refractivity contribution >= 4 is 11.9 Å². The fourth-order valence-corrected chi connectivity index (χ4v) is 4.98. The van der Waals surface area contributed by atoms with Crippen LogP contribution in [0.1, 0.15) is 35.7 Å². The largest absolute Gasteiger partial charge is 0.497 e. The number of carboxylic acid groups (broad SMARTS) is 1. The molecule has 3 atom stereocenters. The van der Waals surface area contributed by atoms with E-state index in [4.69, 9.17) is 14.8 Å². The molecule has 0 aliphatic carbocycles. The van der Waals surface area contributed by atoms with Gasteiger partial charge in [-0.3, -0.25) is 14.6 Å². The third kappa shape index (κ3) is 5.73. The van der Waals surface area contributed by atoms with E-state index in [-0.39, 0.29) is 17.9 Å². The maximum absolute atomic E-state index is 12.8. The molecule has 2 aromatic rings. The predicted octanol–water partition coefficient (Wildman–Crippen LogP) is 3.26. The SMILES string of the molecule is COc1ccc(C(=O)CN2CC3CCC(C2)N3CC(C)N(Oc2ccc(C#N)cc2)C(=O)O)cc1. The summed E-state index contributed by atoms with van der Waals surface area (Å²) in [7, 11) is 1.60. The van der Waals surface area contributed by atoms with E-state index in [2.05, 4.69) is 9.80 Å². The Morgan fingerprint density at radius 1 is 1.09 bits per heavy atom. The number of benzene rings is 2. The Kier molecular flexibility index (Phi) is 7.54. The van der Waals surface area contributed by atoms with Gasteiger partial charge in [-0.1, -0.05) is 0 Å². The maximum Gasteiger partial charge on any atom is 0.441 e. The molecule has 0 radical (unpaired) electrons. The fourth-order valence-electron chi connectivity index (χ4n) is 4.98. The predicted molar refractivity (Wildman–Crippen MR) is 128 cm³/mol. The average molecular weight is 479 g/mol. The van der Waals surface area contributed by atoms with Crippen LogP contribution in [0.4, 0.5) is 4.79 Å². The van der Waals surface area contributed by atoms with Gasteiger partial charge in [0, 0.05) is 37.3 Å². The van der Waals surface area contributed by atoms with Crippen LogP contribution in [0, 0.1) is 11.3 Å². The number of nitrogens with zero attached hydrogens (tertiary/aromatic N) is 4. The average Bonchev–Trinajstić information content (AvgIpc) is 3.09. The van der Waals surface area contributed by atoms with Crippen LogP contribution in [0.5, 0.6) is 11.5 Å². The number of hydrogen-bond donors (Lipinski definition) is 1. The third-order valence-electron chi connectivity index (χ3n) is 6.74. The lowest BCUT2D eigenvalue weighted by molar-refractivity contribution is -0.0779. The monoisotopic (exact) mass is 478 g/mol. The van der Waals surface area contributed by atoms with Crippen LogP contribution in [0.15, 0.2) is 48.5 Å². The van der Waals surface area contributed by atoms with Gasteiger partial charge < -0.3 is 14.7 Å². The zero-order chi connectivity index (χ0) is 24.9. The fraction of sp³-hybridized carbons (Fsp3) is 0.423. The Labute approximate surface area is 205 Å². The number of hydroxylamine groups is 2. The lowest BCUT2D eigenvalue weighted by atomic mass is 10.1. The molecule has 2 aliphatic rings. The Hall–Kier alpha value is -3.61. The second kappa shape index (κ2) is 10.8. The van der Waals surface area contributed by atoms with Gasteiger partial charge in [-0.25, -0.2) is 4.79 Å². The van der Waals surface area contributed by atoms with Crippen molar-refractivity contribution in [2.75, 3.05) is 33.3 Å². The molecule has 2 aliphatic heterocycles. The molecule has 2 fully saturated rings. The highest BCUT2D eigenvalue weighted by Gasteiger charge is 2.41. The molecule has 4 rings (SSSR count). The molecule has 35 heavy (non-hydrogen) atoms. The van der Waals surface area contributed by atoms with Gasteiger partial charge in [0.25, 0.3) is 0 Å². The highest BCUT2D eigenvalue weighted by atomic mass is 16.7. The smallest absolute Gasteiger partial charge is 0.441 e. The summed E-state index contributed by atoms with van der Waals surface area (Å²) in [6.07, 6.45) is 0.875. The van der Waals surface area contributed by atoms with Crippen molar-refractivity contribution in [1.82, 2.24) is 14.9 Å². The van der Waals surface area contributed by atoms with Crippen LogP contribution in [0.3, 0.4) is 0 Å². The number of nitriles is 1. The molecule has 2 heterocycles. The number of carbonyl (C=O) groups is 2. The highest BCUT2D eigenvalue weighted by Crippen LogP contribution is 2.31. The first-order valence-corrected chi connectivity index (χ1v) is 11.7. The molecule has 2 bridgehead atoms. The van der Waals surface area contributed by atoms with Gasteiger partial charge >= 0.3 is 6.09 Å². The van der Waals surface area contributed by atoms with Crippen LogP contribution in [-0.4, -0.2) is 83.3 Å². The van der Waals surface area contributed by atoms with E-state index >= 15 is 0 Å². The van der Waals surface area contributed by atoms with E-state index in [0.717, 1.165) is 36.7 Å². The summed E-state index contributed by atoms with van der Waals surface area (Å²) < 4.78 is 5.16. The van der Waals surface area contributed by atoms with Crippen molar-refractivity contribution in [3.05, 3.63) is 59.7 Å². The molecule has 9 nitrogen and oxygen atoms in total. The molecule has 3 unspecified atom stereocenters. The summed E-state index contributed by atoms with van der Waals surface area (Å²) in [5.41, 5.74) is 1.15. The number of fused-ring (bicyclic) bond motifs is 2. The number of carbonyl (C=O) groups excluding carboxylic acids is 1. The number of amides is 1. The first-order valence-electron chi connectivity index (χ1n) is 11.7. The molecule has 9 heteroatoms. The topological polar surface area (TPSA) is 106 Å². The molecule has 2 aromatic carbocycles. The van der Waals surface area contributed by atoms with Crippen LogP contribution in [0.2, 0.25) is 0 Å². The van der Waals surface area contributed by atoms with Crippen molar-refractivity contribution in [2.45, 2.75) is 37.9 Å². The minimum absolute atomic E-state index is 0.0849. The zero-order valence-corrected chi connectivity index (χ0v) is 20.0. The van der Waals surface area contributed by atoms with E-state index in [0.29, 0.717) is 30.0 Å². The van der Waals surface area contributed by atoms with Crippen molar-refractivity contribution < 1.29 is 24.3 Å². The minimum Gasteiger partial charge on any atom is -0.497 e. The van der Waals surface area contributed by atoms with Crippen LogP contribution >= 0.6 is 0 Å². The second-order valence-electron chi connectivity index (χ2n) is 9.11. The van der Waals surface area contributed by atoms with Gasteiger partial charge in [0.1, 0.15) is 5.75 Å². The number of likely N-dealkylation sites (tertiary alicyclic amines) is 1. The maximum atomic E-state index is 12.8. The lowest BCUT2D eigenvalue weighted by Gasteiger charge is -2.42. The van der Waals surface area contributed by atoms with Crippen molar-refractivity contribution in [1.29, 1.82) is 5.26 Å². The quantitative estimate of drug-likeness (QED) is 0.432. The molecule has 0 spiro atoms. The van der Waals surface area contributed by atoms with Gasteiger partial charge in [0.05, 0.1) is 31.3 Å². The number of ketones is 1. The summed E-state index contributed by atoms with van der Waals surface area (Å²) in [6.45, 7) is 4.28. The number of Topliss-reactive ketones (excluding diaryl/α,β-unsaturated/α-hetero) is 1. The first-order chi connectivity index (χ1) is 16.9. The Balaban J connectivity index is 1.34. The van der Waals surface area contributed by atoms with Crippen LogP contribution in [0.25, 0.3) is 0 Å². The molecule has 0 aromatic heterocycles. The number of methoxy groups -OCH3 is 1. The van der Waals surface area contributed by atoms with E-state index in [1.807, 2.05) is 13.0 Å². The van der Waals surface area contributed by atoms with Crippen molar-refractivity contribution in [3.63, 3.8) is 0 Å². The molecule has 1 N–H and O–H groups in total. The van der Waals surface area contributed by atoms with Gasteiger partial charge in [0.15, 0.2) is 11.5 Å². The van der Waals surface area contributed by atoms with Crippen LogP contribution < -0.4 is 9.57 Å². The highest BCUT2D eigenvalue weighted by molar-refractivity contribution is 5.97. The number of rotatable bonds is 9. The molecular formula is C26H30N4O5. The molecule has 0 saturated carbocycles. The summed E-state index contributed by atoms with van der Waals surface area (Å²) in [4.78, 5) is 34.9. The Morgan fingerprint density at radius 2 is 1.69 bits per heavy atom. The number of ether oxygens (including phenoxy) is 1.